The van der Waals surface area contributed by atoms with E-state index in [1.54, 1.807) is 32.4 Å². The highest BCUT2D eigenvalue weighted by atomic mass is 35.5. The van der Waals surface area contributed by atoms with E-state index in [9.17, 15) is 9.18 Å². The van der Waals surface area contributed by atoms with E-state index in [0.717, 1.165) is 35.7 Å². The molecule has 1 aliphatic heterocycles. The Bertz CT molecular complexity index is 1490. The second kappa shape index (κ2) is 11.9. The van der Waals surface area contributed by atoms with Crippen molar-refractivity contribution in [1.82, 2.24) is 9.97 Å². The summed E-state index contributed by atoms with van der Waals surface area (Å²) in [5, 5.41) is 3.72. The van der Waals surface area contributed by atoms with Crippen LogP contribution in [0.25, 0.3) is 0 Å². The minimum atomic E-state index is -0.353. The van der Waals surface area contributed by atoms with Crippen LogP contribution in [0.4, 0.5) is 15.9 Å². The molecule has 0 unspecified atom stereocenters. The summed E-state index contributed by atoms with van der Waals surface area (Å²) in [5.74, 6) is 2.20. The van der Waals surface area contributed by atoms with Gasteiger partial charge in [-0.25, -0.2) is 14.4 Å². The van der Waals surface area contributed by atoms with Crippen molar-refractivity contribution in [1.29, 1.82) is 0 Å². The fourth-order valence-electron chi connectivity index (χ4n) is 4.33. The van der Waals surface area contributed by atoms with Crippen LogP contribution in [0.5, 0.6) is 11.5 Å². The number of nitrogens with zero attached hydrogens (tertiary/aromatic N) is 3. The van der Waals surface area contributed by atoms with E-state index in [1.807, 2.05) is 24.3 Å². The number of anilines is 2. The maximum Gasteiger partial charge on any atom is 0.255 e. The van der Waals surface area contributed by atoms with E-state index >= 15 is 0 Å². The number of nitrogens with one attached hydrogen (secondary N) is 1. The van der Waals surface area contributed by atoms with Crippen LogP contribution in [-0.2, 0) is 18.7 Å². The highest BCUT2D eigenvalue weighted by Crippen LogP contribution is 2.35. The predicted molar refractivity (Wildman–Crippen MR) is 152 cm³/mol. The molecule has 1 aliphatic rings. The van der Waals surface area contributed by atoms with Gasteiger partial charge in [0.1, 0.15) is 16.8 Å². The molecule has 7 nitrogen and oxygen atoms in total. The van der Waals surface area contributed by atoms with E-state index < -0.39 is 0 Å². The Labute approximate surface area is 235 Å². The molecule has 200 valence electrons. The number of methoxy groups -OCH3 is 2. The molecule has 2 heterocycles. The van der Waals surface area contributed by atoms with Crippen molar-refractivity contribution in [2.24, 2.45) is 0 Å². The monoisotopic (exact) mass is 564 g/mol. The molecule has 0 radical (unpaired) electrons. The van der Waals surface area contributed by atoms with Crippen molar-refractivity contribution in [2.75, 3.05) is 31.0 Å². The molecule has 4 aromatic rings. The van der Waals surface area contributed by atoms with Gasteiger partial charge in [-0.3, -0.25) is 4.79 Å². The normalized spacial score (nSPS) is 12.6. The Kier molecular flexibility index (Phi) is 8.18. The predicted octanol–water partition coefficient (Wildman–Crippen LogP) is 6.39. The van der Waals surface area contributed by atoms with Gasteiger partial charge in [-0.2, -0.15) is 0 Å². The first-order valence-corrected chi connectivity index (χ1v) is 13.6. The Hall–Kier alpha value is -3.82. The fourth-order valence-corrected chi connectivity index (χ4v) is 5.36. The molecule has 0 spiro atoms. The van der Waals surface area contributed by atoms with Crippen molar-refractivity contribution < 1.29 is 18.7 Å². The lowest BCUT2D eigenvalue weighted by atomic mass is 9.99. The lowest BCUT2D eigenvalue weighted by Crippen LogP contribution is -2.31. The van der Waals surface area contributed by atoms with Crippen LogP contribution in [0.2, 0.25) is 5.15 Å². The third-order valence-corrected chi connectivity index (χ3v) is 7.50. The zero-order valence-corrected chi connectivity index (χ0v) is 23.0. The summed E-state index contributed by atoms with van der Waals surface area (Å²) >= 11 is 7.85. The number of benzene rings is 3. The molecule has 39 heavy (non-hydrogen) atoms. The Morgan fingerprint density at radius 1 is 1.00 bits per heavy atom. The molecule has 0 atom stereocenters. The largest absolute Gasteiger partial charge is 0.493 e. The average molecular weight is 565 g/mol. The fraction of sp³-hybridized carbons (Fsp3) is 0.207. The van der Waals surface area contributed by atoms with Crippen molar-refractivity contribution in [3.05, 3.63) is 100.0 Å². The van der Waals surface area contributed by atoms with Crippen molar-refractivity contribution in [3.63, 3.8) is 0 Å². The number of hydrogen-bond acceptors (Lipinski definition) is 7. The molecule has 10 heteroatoms. The molecule has 1 amide bonds. The average Bonchev–Trinajstić information content (AvgIpc) is 2.96. The highest BCUT2D eigenvalue weighted by molar-refractivity contribution is 7.98. The van der Waals surface area contributed by atoms with E-state index in [1.165, 1.54) is 41.6 Å². The van der Waals surface area contributed by atoms with Crippen LogP contribution in [0, 0.1) is 5.82 Å². The minimum Gasteiger partial charge on any atom is -0.493 e. The number of fused-ring (bicyclic) bond motifs is 1. The quantitative estimate of drug-likeness (QED) is 0.151. The number of thioether (sulfide) groups is 1. The van der Waals surface area contributed by atoms with Crippen LogP contribution in [0.1, 0.15) is 27.0 Å². The summed E-state index contributed by atoms with van der Waals surface area (Å²) in [5.41, 5.74) is 4.44. The topological polar surface area (TPSA) is 76.6 Å². The highest BCUT2D eigenvalue weighted by Gasteiger charge is 2.21. The number of aromatic nitrogens is 2. The maximum absolute atomic E-state index is 13.1. The number of ether oxygens (including phenoxy) is 2. The summed E-state index contributed by atoms with van der Waals surface area (Å²) < 4.78 is 24.0. The molecular formula is C29H26ClFN4O3S. The van der Waals surface area contributed by atoms with Gasteiger partial charge in [0.15, 0.2) is 16.7 Å². The van der Waals surface area contributed by atoms with E-state index in [4.69, 9.17) is 26.1 Å². The van der Waals surface area contributed by atoms with Gasteiger partial charge in [0, 0.05) is 36.2 Å². The van der Waals surface area contributed by atoms with Crippen LogP contribution >= 0.6 is 23.4 Å². The second-order valence-electron chi connectivity index (χ2n) is 8.93. The first-order chi connectivity index (χ1) is 18.9. The standard InChI is InChI=1S/C29H26ClFN4O3S/c1-37-24-13-20-11-12-35(16-21(20)14-25(24)38-2)27-15-26(30)33-29(34-27)39-17-18-3-5-19(6-4-18)28(36)32-23-9-7-22(31)8-10-23/h3-10,13-15H,11-12,16-17H2,1-2H3,(H,32,36). The van der Waals surface area contributed by atoms with E-state index in [2.05, 4.69) is 15.2 Å². The third-order valence-electron chi connectivity index (χ3n) is 6.39. The number of hydrogen-bond donors (Lipinski definition) is 1. The SMILES string of the molecule is COc1cc2c(cc1OC)CN(c1cc(Cl)nc(SCc3ccc(C(=O)Nc4ccc(F)cc4)cc3)n1)CC2. The van der Waals surface area contributed by atoms with Gasteiger partial charge in [0.25, 0.3) is 5.91 Å². The summed E-state index contributed by atoms with van der Waals surface area (Å²) in [6.45, 7) is 1.47. The first kappa shape index (κ1) is 26.8. The van der Waals surface area contributed by atoms with Crippen molar-refractivity contribution in [3.8, 4) is 11.5 Å². The Balaban J connectivity index is 1.23. The van der Waals surface area contributed by atoms with Gasteiger partial charge in [0.2, 0.25) is 0 Å². The molecule has 0 bridgehead atoms. The maximum atomic E-state index is 13.1. The van der Waals surface area contributed by atoms with Gasteiger partial charge in [-0.05, 0) is 71.6 Å². The number of carbonyl (C=O) groups excluding carboxylic acids is 1. The van der Waals surface area contributed by atoms with Crippen LogP contribution in [0.3, 0.4) is 0 Å². The smallest absolute Gasteiger partial charge is 0.255 e. The molecule has 0 aliphatic carbocycles. The number of amides is 1. The molecule has 0 fully saturated rings. The summed E-state index contributed by atoms with van der Waals surface area (Å²) in [4.78, 5) is 23.8. The van der Waals surface area contributed by atoms with E-state index in [0.29, 0.717) is 39.6 Å². The third kappa shape index (κ3) is 6.43. The molecule has 1 aromatic heterocycles. The summed E-state index contributed by atoms with van der Waals surface area (Å²) in [7, 11) is 3.28. The van der Waals surface area contributed by atoms with E-state index in [-0.39, 0.29) is 11.7 Å². The Morgan fingerprint density at radius 3 is 2.38 bits per heavy atom. The second-order valence-corrected chi connectivity index (χ2v) is 10.3. The van der Waals surface area contributed by atoms with Gasteiger partial charge in [-0.1, -0.05) is 35.5 Å². The van der Waals surface area contributed by atoms with Gasteiger partial charge in [0.05, 0.1) is 14.2 Å². The van der Waals surface area contributed by atoms with Crippen molar-refractivity contribution >= 4 is 40.8 Å². The molecule has 3 aromatic carbocycles. The lowest BCUT2D eigenvalue weighted by Gasteiger charge is -2.30. The summed E-state index contributed by atoms with van der Waals surface area (Å²) in [6.07, 6.45) is 0.848. The minimum absolute atomic E-state index is 0.261. The summed E-state index contributed by atoms with van der Waals surface area (Å²) in [6, 6.07) is 18.8. The number of carbonyl (C=O) groups is 1. The van der Waals surface area contributed by atoms with Crippen molar-refractivity contribution in [2.45, 2.75) is 23.9 Å². The van der Waals surface area contributed by atoms with Crippen LogP contribution in [0.15, 0.2) is 71.9 Å². The van der Waals surface area contributed by atoms with Crippen LogP contribution in [-0.4, -0.2) is 36.6 Å². The lowest BCUT2D eigenvalue weighted by molar-refractivity contribution is 0.102. The molecular weight excluding hydrogens is 539 g/mol. The van der Waals surface area contributed by atoms with Gasteiger partial charge in [-0.15, -0.1) is 0 Å². The molecule has 0 saturated carbocycles. The number of rotatable bonds is 8. The number of halogens is 2. The van der Waals surface area contributed by atoms with Gasteiger partial charge >= 0.3 is 0 Å². The zero-order valence-electron chi connectivity index (χ0n) is 21.4. The molecule has 0 saturated heterocycles. The zero-order chi connectivity index (χ0) is 27.4. The molecule has 5 rings (SSSR count). The first-order valence-electron chi connectivity index (χ1n) is 12.2. The molecule has 1 N–H and O–H groups in total. The Morgan fingerprint density at radius 2 is 1.69 bits per heavy atom. The van der Waals surface area contributed by atoms with Gasteiger partial charge < -0.3 is 19.7 Å². The van der Waals surface area contributed by atoms with Crippen LogP contribution < -0.4 is 19.7 Å².